The van der Waals surface area contributed by atoms with E-state index in [0.29, 0.717) is 6.42 Å². The quantitative estimate of drug-likeness (QED) is 0.604. The number of anilines is 1. The normalized spacial score (nSPS) is 11.3. The third-order valence-electron chi connectivity index (χ3n) is 2.03. The number of hydrogen-bond donors (Lipinski definition) is 1. The molecule has 0 saturated heterocycles. The molecular weight excluding hydrogens is 396 g/mol. The molecule has 1 aromatic rings. The highest BCUT2D eigenvalue weighted by Gasteiger charge is 2.20. The molecule has 0 aliphatic rings. The first-order chi connectivity index (χ1) is 8.28. The van der Waals surface area contributed by atoms with E-state index in [1.54, 1.807) is 6.92 Å². The molecule has 0 radical (unpaired) electrons. The summed E-state index contributed by atoms with van der Waals surface area (Å²) in [6.07, 6.45) is 0.405. The Hall–Kier alpha value is -0.410. The molecule has 0 aliphatic heterocycles. The lowest BCUT2D eigenvalue weighted by atomic mass is 10.2. The van der Waals surface area contributed by atoms with Gasteiger partial charge in [-0.25, -0.2) is 12.8 Å². The van der Waals surface area contributed by atoms with Crippen molar-refractivity contribution in [2.75, 3.05) is 10.5 Å². The predicted octanol–water partition coefficient (Wildman–Crippen LogP) is 3.21. The molecule has 0 fully saturated rings. The van der Waals surface area contributed by atoms with Crippen molar-refractivity contribution in [1.29, 1.82) is 0 Å². The molecule has 1 N–H and O–H groups in total. The minimum Gasteiger partial charge on any atom is -0.282 e. The molecule has 0 saturated carbocycles. The Kier molecular flexibility index (Phi) is 5.35. The Balaban J connectivity index is 3.21. The zero-order valence-corrected chi connectivity index (χ0v) is 13.1. The fourth-order valence-electron chi connectivity index (χ4n) is 1.30. The maximum Gasteiger partial charge on any atom is 0.232 e. The van der Waals surface area contributed by atoms with Gasteiger partial charge in [-0.2, -0.15) is 0 Å². The highest BCUT2D eigenvalue weighted by atomic mass is 127. The van der Waals surface area contributed by atoms with Crippen molar-refractivity contribution in [1.82, 2.24) is 0 Å². The number of carbonyl (C=O) groups excluding carboxylic acids is 1. The van der Waals surface area contributed by atoms with Crippen molar-refractivity contribution >= 4 is 53.7 Å². The molecule has 0 unspecified atom stereocenters. The van der Waals surface area contributed by atoms with E-state index in [1.165, 1.54) is 34.7 Å². The fourth-order valence-corrected chi connectivity index (χ4v) is 3.35. The molecular formula is C10H10ClFINO3S. The van der Waals surface area contributed by atoms with Crippen LogP contribution in [-0.2, 0) is 10.0 Å². The molecule has 0 heterocycles. The summed E-state index contributed by atoms with van der Waals surface area (Å²) in [4.78, 5) is 11.2. The summed E-state index contributed by atoms with van der Waals surface area (Å²) >= 11 is 7.08. The van der Waals surface area contributed by atoms with Crippen LogP contribution in [0.5, 0.6) is 0 Å². The number of rotatable bonds is 5. The molecule has 1 aromatic carbocycles. The van der Waals surface area contributed by atoms with E-state index >= 15 is 0 Å². The van der Waals surface area contributed by atoms with Gasteiger partial charge >= 0.3 is 0 Å². The van der Waals surface area contributed by atoms with Crippen LogP contribution in [0.4, 0.5) is 10.1 Å². The molecule has 0 spiro atoms. The van der Waals surface area contributed by atoms with E-state index in [-0.39, 0.29) is 22.0 Å². The van der Waals surface area contributed by atoms with Crippen molar-refractivity contribution < 1.29 is 17.6 Å². The number of benzene rings is 1. The van der Waals surface area contributed by atoms with Crippen LogP contribution in [0, 0.1) is 5.82 Å². The predicted molar refractivity (Wildman–Crippen MR) is 77.5 cm³/mol. The minimum atomic E-state index is -3.61. The van der Waals surface area contributed by atoms with Gasteiger partial charge in [-0.05, 0) is 18.6 Å². The zero-order chi connectivity index (χ0) is 13.9. The maximum absolute atomic E-state index is 13.9. The summed E-state index contributed by atoms with van der Waals surface area (Å²) < 4.78 is 38.5. The highest BCUT2D eigenvalue weighted by molar-refractivity contribution is 14.1. The van der Waals surface area contributed by atoms with Gasteiger partial charge in [0.25, 0.3) is 0 Å². The summed E-state index contributed by atoms with van der Waals surface area (Å²) in [6.45, 7) is 1.69. The average molecular weight is 406 g/mol. The SMILES string of the molecule is CCCS(=O)(=O)Nc1ccc(Cl)c(C(=O)I)c1F. The standard InChI is InChI=1S/C10H10ClFINO3S/c1-2-5-18(16,17)14-7-4-3-6(11)8(9(7)12)10(13)15/h3-4,14H,2,5H2,1H3. The van der Waals surface area contributed by atoms with Crippen LogP contribution >= 0.6 is 34.2 Å². The van der Waals surface area contributed by atoms with Crippen LogP contribution in [0.15, 0.2) is 12.1 Å². The molecule has 0 amide bonds. The van der Waals surface area contributed by atoms with Crippen LogP contribution < -0.4 is 4.72 Å². The Labute approximate surface area is 123 Å². The van der Waals surface area contributed by atoms with E-state index in [0.717, 1.165) is 0 Å². The Morgan fingerprint density at radius 3 is 2.61 bits per heavy atom. The maximum atomic E-state index is 13.9. The zero-order valence-electron chi connectivity index (χ0n) is 9.34. The second kappa shape index (κ2) is 6.16. The second-order valence-corrected chi connectivity index (χ2v) is 6.71. The Morgan fingerprint density at radius 2 is 2.11 bits per heavy atom. The van der Waals surface area contributed by atoms with Crippen LogP contribution in [0.2, 0.25) is 5.02 Å². The monoisotopic (exact) mass is 405 g/mol. The summed E-state index contributed by atoms with van der Waals surface area (Å²) in [5, 5.41) is -0.0506. The molecule has 4 nitrogen and oxygen atoms in total. The van der Waals surface area contributed by atoms with Crippen LogP contribution in [-0.4, -0.2) is 18.0 Å². The first kappa shape index (κ1) is 15.6. The molecule has 0 atom stereocenters. The molecule has 18 heavy (non-hydrogen) atoms. The lowest BCUT2D eigenvalue weighted by molar-refractivity contribution is 0.110. The number of nitrogens with one attached hydrogen (secondary N) is 1. The smallest absolute Gasteiger partial charge is 0.232 e. The lowest BCUT2D eigenvalue weighted by Crippen LogP contribution is -2.17. The van der Waals surface area contributed by atoms with Gasteiger partial charge in [-0.3, -0.25) is 9.52 Å². The molecule has 0 aromatic heterocycles. The van der Waals surface area contributed by atoms with Gasteiger partial charge in [-0.15, -0.1) is 0 Å². The summed E-state index contributed by atoms with van der Waals surface area (Å²) in [5.41, 5.74) is -0.596. The summed E-state index contributed by atoms with van der Waals surface area (Å²) in [5.74, 6) is -1.08. The second-order valence-electron chi connectivity index (χ2n) is 3.48. The highest BCUT2D eigenvalue weighted by Crippen LogP contribution is 2.28. The molecule has 1 rings (SSSR count). The molecule has 100 valence electrons. The topological polar surface area (TPSA) is 63.2 Å². The van der Waals surface area contributed by atoms with Gasteiger partial charge in [0.1, 0.15) is 0 Å². The Morgan fingerprint density at radius 1 is 1.50 bits per heavy atom. The van der Waals surface area contributed by atoms with Crippen molar-refractivity contribution in [2.45, 2.75) is 13.3 Å². The van der Waals surface area contributed by atoms with Gasteiger partial charge in [0.05, 0.1) is 22.0 Å². The first-order valence-electron chi connectivity index (χ1n) is 4.96. The van der Waals surface area contributed by atoms with Crippen molar-refractivity contribution in [2.24, 2.45) is 0 Å². The first-order valence-corrected chi connectivity index (χ1v) is 8.07. The lowest BCUT2D eigenvalue weighted by Gasteiger charge is -2.10. The third kappa shape index (κ3) is 3.79. The average Bonchev–Trinajstić information content (AvgIpc) is 2.21. The van der Waals surface area contributed by atoms with Gasteiger partial charge in [0.15, 0.2) is 5.82 Å². The van der Waals surface area contributed by atoms with E-state index < -0.39 is 19.6 Å². The fraction of sp³-hybridized carbons (Fsp3) is 0.300. The van der Waals surface area contributed by atoms with E-state index in [2.05, 4.69) is 4.72 Å². The molecule has 0 aliphatic carbocycles. The largest absolute Gasteiger partial charge is 0.282 e. The van der Waals surface area contributed by atoms with Crippen molar-refractivity contribution in [3.8, 4) is 0 Å². The van der Waals surface area contributed by atoms with E-state index in [9.17, 15) is 17.6 Å². The van der Waals surface area contributed by atoms with E-state index in [1.807, 2.05) is 0 Å². The van der Waals surface area contributed by atoms with E-state index in [4.69, 9.17) is 11.6 Å². The van der Waals surface area contributed by atoms with Gasteiger partial charge in [-0.1, -0.05) is 18.5 Å². The van der Waals surface area contributed by atoms with Gasteiger partial charge in [0, 0.05) is 22.6 Å². The number of carbonyl (C=O) groups is 1. The third-order valence-corrected chi connectivity index (χ3v) is 4.36. The summed E-state index contributed by atoms with van der Waals surface area (Å²) in [7, 11) is -3.61. The summed E-state index contributed by atoms with van der Waals surface area (Å²) in [6, 6.07) is 2.47. The number of hydrogen-bond acceptors (Lipinski definition) is 3. The van der Waals surface area contributed by atoms with Crippen LogP contribution in [0.1, 0.15) is 23.7 Å². The number of halogens is 3. The Bertz CT molecular complexity index is 577. The number of sulfonamides is 1. The van der Waals surface area contributed by atoms with Crippen molar-refractivity contribution in [3.05, 3.63) is 28.5 Å². The van der Waals surface area contributed by atoms with Crippen LogP contribution in [0.3, 0.4) is 0 Å². The van der Waals surface area contributed by atoms with Gasteiger partial charge in [0.2, 0.25) is 13.8 Å². The molecule has 8 heteroatoms. The minimum absolute atomic E-state index is 0.0506. The van der Waals surface area contributed by atoms with Crippen molar-refractivity contribution in [3.63, 3.8) is 0 Å². The van der Waals surface area contributed by atoms with Crippen LogP contribution in [0.25, 0.3) is 0 Å². The van der Waals surface area contributed by atoms with Gasteiger partial charge < -0.3 is 0 Å². The molecule has 0 bridgehead atoms.